The monoisotopic (exact) mass is 238 g/mol. The molecule has 0 atom stereocenters. The van der Waals surface area contributed by atoms with E-state index in [-0.39, 0.29) is 0 Å². The largest absolute Gasteiger partial charge is 0.354 e. The lowest BCUT2D eigenvalue weighted by atomic mass is 9.92. The third-order valence-electron chi connectivity index (χ3n) is 3.21. The van der Waals surface area contributed by atoms with Crippen LogP contribution in [0.3, 0.4) is 0 Å². The molecule has 1 heteroatoms. The van der Waals surface area contributed by atoms with Gasteiger partial charge in [0, 0.05) is 0 Å². The molecule has 2 rings (SSSR count). The van der Waals surface area contributed by atoms with Gasteiger partial charge in [-0.3, -0.25) is 0 Å². The Morgan fingerprint density at radius 1 is 0.833 bits per heavy atom. The smallest absolute Gasteiger partial charge is 0.0965 e. The third kappa shape index (κ3) is 2.69. The molecule has 0 heterocycles. The summed E-state index contributed by atoms with van der Waals surface area (Å²) in [5.41, 5.74) is 9.39. The van der Waals surface area contributed by atoms with E-state index in [0.717, 1.165) is 13.0 Å². The molecule has 0 unspecified atom stereocenters. The van der Waals surface area contributed by atoms with Gasteiger partial charge in [0.05, 0.1) is 6.54 Å². The van der Waals surface area contributed by atoms with Gasteiger partial charge in [-0.25, -0.2) is 0 Å². The number of benzene rings is 2. The first-order chi connectivity index (χ1) is 8.86. The summed E-state index contributed by atoms with van der Waals surface area (Å²) in [5, 5.41) is 0. The van der Waals surface area contributed by atoms with Gasteiger partial charge in [0.2, 0.25) is 0 Å². The van der Waals surface area contributed by atoms with E-state index in [0.29, 0.717) is 0 Å². The van der Waals surface area contributed by atoms with Gasteiger partial charge >= 0.3 is 0 Å². The highest BCUT2D eigenvalue weighted by Gasteiger charge is 2.10. The zero-order valence-corrected chi connectivity index (χ0v) is 10.9. The average molecular weight is 238 g/mol. The van der Waals surface area contributed by atoms with Gasteiger partial charge in [-0.2, -0.15) is 0 Å². The van der Waals surface area contributed by atoms with Crippen LogP contribution in [0.15, 0.2) is 66.2 Å². The minimum atomic E-state index is 0.857. The van der Waals surface area contributed by atoms with Gasteiger partial charge in [0.25, 0.3) is 0 Å². The Kier molecular flexibility index (Phi) is 4.32. The fourth-order valence-corrected chi connectivity index (χ4v) is 2.26. The molecule has 2 aromatic rings. The van der Waals surface area contributed by atoms with Crippen LogP contribution in [0.1, 0.15) is 24.5 Å². The molecule has 92 valence electrons. The fraction of sp³-hybridized carbons (Fsp3) is 0.176. The molecular weight excluding hydrogens is 218 g/mol. The summed E-state index contributed by atoms with van der Waals surface area (Å²) in [6.45, 7) is 3.06. The topological polar surface area (TPSA) is 27.6 Å². The van der Waals surface area contributed by atoms with Crippen molar-refractivity contribution < 1.29 is 5.73 Å². The van der Waals surface area contributed by atoms with Crippen LogP contribution in [0.4, 0.5) is 0 Å². The van der Waals surface area contributed by atoms with Crippen molar-refractivity contribution in [2.45, 2.75) is 13.3 Å². The van der Waals surface area contributed by atoms with E-state index in [1.165, 1.54) is 22.3 Å². The molecule has 0 aliphatic carbocycles. The lowest BCUT2D eigenvalue weighted by Crippen LogP contribution is -2.51. The minimum absolute atomic E-state index is 0.857. The number of rotatable bonds is 4. The Morgan fingerprint density at radius 2 is 1.28 bits per heavy atom. The molecule has 18 heavy (non-hydrogen) atoms. The van der Waals surface area contributed by atoms with E-state index >= 15 is 0 Å². The number of hydrogen-bond acceptors (Lipinski definition) is 0. The van der Waals surface area contributed by atoms with Crippen molar-refractivity contribution in [1.29, 1.82) is 0 Å². The van der Waals surface area contributed by atoms with Crippen LogP contribution in [0.2, 0.25) is 0 Å². The zero-order valence-electron chi connectivity index (χ0n) is 10.9. The molecule has 0 aromatic heterocycles. The molecule has 0 saturated heterocycles. The van der Waals surface area contributed by atoms with Crippen molar-refractivity contribution in [2.24, 2.45) is 0 Å². The molecule has 0 bridgehead atoms. The molecular formula is C17H20N+. The maximum absolute atomic E-state index is 4.07. The maximum atomic E-state index is 4.07. The summed E-state index contributed by atoms with van der Waals surface area (Å²) in [6.07, 6.45) is 1.04. The molecule has 0 amide bonds. The Morgan fingerprint density at radius 3 is 1.61 bits per heavy atom. The molecule has 1 nitrogen and oxygen atoms in total. The van der Waals surface area contributed by atoms with E-state index in [2.05, 4.69) is 73.3 Å². The first kappa shape index (κ1) is 12.6. The quantitative estimate of drug-likeness (QED) is 0.847. The summed E-state index contributed by atoms with van der Waals surface area (Å²) in [6, 6.07) is 21.2. The van der Waals surface area contributed by atoms with E-state index in [4.69, 9.17) is 0 Å². The highest BCUT2D eigenvalue weighted by atomic mass is 14.5. The zero-order chi connectivity index (χ0) is 12.8. The van der Waals surface area contributed by atoms with Crippen molar-refractivity contribution in [3.05, 3.63) is 77.4 Å². The maximum Gasteiger partial charge on any atom is 0.0965 e. The van der Waals surface area contributed by atoms with Crippen LogP contribution in [-0.4, -0.2) is 6.54 Å². The minimum Gasteiger partial charge on any atom is -0.354 e. The van der Waals surface area contributed by atoms with Gasteiger partial charge in [-0.05, 0) is 28.7 Å². The van der Waals surface area contributed by atoms with E-state index in [1.54, 1.807) is 0 Å². The predicted octanol–water partition coefficient (Wildman–Crippen LogP) is 3.14. The van der Waals surface area contributed by atoms with Gasteiger partial charge < -0.3 is 5.73 Å². The van der Waals surface area contributed by atoms with Crippen molar-refractivity contribution >= 4 is 5.57 Å². The molecule has 3 N–H and O–H groups in total. The normalized spacial score (nSPS) is 10.1. The molecule has 0 saturated carbocycles. The lowest BCUT2D eigenvalue weighted by molar-refractivity contribution is -0.356. The Bertz CT molecular complexity index is 464. The van der Waals surface area contributed by atoms with Gasteiger partial charge in [-0.15, -0.1) is 0 Å². The summed E-state index contributed by atoms with van der Waals surface area (Å²) >= 11 is 0. The average Bonchev–Trinajstić information content (AvgIpc) is 2.46. The molecule has 0 spiro atoms. The fourth-order valence-electron chi connectivity index (χ4n) is 2.26. The molecule has 0 aliphatic heterocycles. The molecule has 0 aliphatic rings. The summed E-state index contributed by atoms with van der Waals surface area (Å²) in [5.74, 6) is 0. The second-order valence-electron chi connectivity index (χ2n) is 4.31. The first-order valence-corrected chi connectivity index (χ1v) is 6.49. The van der Waals surface area contributed by atoms with Crippen molar-refractivity contribution in [3.8, 4) is 0 Å². The molecule has 2 aromatic carbocycles. The van der Waals surface area contributed by atoms with E-state index in [1.807, 2.05) is 0 Å². The van der Waals surface area contributed by atoms with Crippen LogP contribution in [0.5, 0.6) is 0 Å². The predicted molar refractivity (Wildman–Crippen MR) is 77.0 cm³/mol. The number of hydrogen-bond donors (Lipinski definition) is 1. The summed E-state index contributed by atoms with van der Waals surface area (Å²) in [7, 11) is 0. The van der Waals surface area contributed by atoms with Crippen LogP contribution in [-0.2, 0) is 0 Å². The van der Waals surface area contributed by atoms with Crippen LogP contribution in [0, 0.1) is 0 Å². The van der Waals surface area contributed by atoms with Crippen LogP contribution in [0.25, 0.3) is 5.57 Å². The summed E-state index contributed by atoms with van der Waals surface area (Å²) in [4.78, 5) is 0. The van der Waals surface area contributed by atoms with Crippen LogP contribution >= 0.6 is 0 Å². The van der Waals surface area contributed by atoms with Gasteiger partial charge in [-0.1, -0.05) is 67.6 Å². The summed E-state index contributed by atoms with van der Waals surface area (Å²) < 4.78 is 0. The molecule has 0 radical (unpaired) electrons. The van der Waals surface area contributed by atoms with Gasteiger partial charge in [0.1, 0.15) is 0 Å². The lowest BCUT2D eigenvalue weighted by Gasteiger charge is -2.13. The van der Waals surface area contributed by atoms with Crippen molar-refractivity contribution in [2.75, 3.05) is 6.54 Å². The second-order valence-corrected chi connectivity index (χ2v) is 4.31. The highest BCUT2D eigenvalue weighted by Crippen LogP contribution is 2.27. The Labute approximate surface area is 109 Å². The van der Waals surface area contributed by atoms with E-state index in [9.17, 15) is 0 Å². The Hall–Kier alpha value is -1.86. The van der Waals surface area contributed by atoms with Crippen LogP contribution < -0.4 is 5.73 Å². The standard InChI is InChI=1S/C17H19N/c1-2-14(13-18)17(15-9-5-3-6-10-15)16-11-7-4-8-12-16/h3-12H,2,13,18H2,1H3/p+1. The first-order valence-electron chi connectivity index (χ1n) is 6.49. The van der Waals surface area contributed by atoms with Gasteiger partial charge in [0.15, 0.2) is 0 Å². The highest BCUT2D eigenvalue weighted by molar-refractivity contribution is 5.82. The van der Waals surface area contributed by atoms with E-state index < -0.39 is 0 Å². The SMILES string of the molecule is CCC(C[NH3+])=C(c1ccccc1)c1ccccc1. The van der Waals surface area contributed by atoms with Crippen molar-refractivity contribution in [1.82, 2.24) is 0 Å². The number of quaternary nitrogens is 1. The second kappa shape index (κ2) is 6.18. The Balaban J connectivity index is 2.59. The third-order valence-corrected chi connectivity index (χ3v) is 3.21. The van der Waals surface area contributed by atoms with Crippen molar-refractivity contribution in [3.63, 3.8) is 0 Å². The molecule has 0 fully saturated rings.